The van der Waals surface area contributed by atoms with E-state index in [4.69, 9.17) is 21.9 Å². The van der Waals surface area contributed by atoms with Crippen molar-refractivity contribution >= 4 is 17.3 Å². The molecule has 17 heavy (non-hydrogen) atoms. The molecule has 0 saturated carbocycles. The summed E-state index contributed by atoms with van der Waals surface area (Å²) in [4.78, 5) is 0. The van der Waals surface area contributed by atoms with Gasteiger partial charge in [-0.25, -0.2) is 0 Å². The predicted molar refractivity (Wildman–Crippen MR) is 68.3 cm³/mol. The Hall–Kier alpha value is -1.52. The van der Waals surface area contributed by atoms with Gasteiger partial charge in [-0.05, 0) is 11.6 Å². The van der Waals surface area contributed by atoms with Gasteiger partial charge in [-0.15, -0.1) is 0 Å². The van der Waals surface area contributed by atoms with Gasteiger partial charge in [0.05, 0.1) is 11.9 Å². The topological polar surface area (TPSA) is 64.1 Å². The number of nitrogens with zero attached hydrogens (tertiary/aromatic N) is 1. The standard InChI is InChI=1S/C12H14ClN3O/c13-10-4-2-1-3-9(10)7-12-11(8-16-17-12)15-6-5-14/h1-4,8,15H,5-7,14H2. The van der Waals surface area contributed by atoms with Crippen LogP contribution in [-0.4, -0.2) is 18.2 Å². The number of nitrogens with two attached hydrogens (primary N) is 1. The Morgan fingerprint density at radius 2 is 2.18 bits per heavy atom. The minimum Gasteiger partial charge on any atom is -0.380 e. The lowest BCUT2D eigenvalue weighted by Crippen LogP contribution is -2.13. The van der Waals surface area contributed by atoms with Gasteiger partial charge in [0.2, 0.25) is 0 Å². The quantitative estimate of drug-likeness (QED) is 0.856. The van der Waals surface area contributed by atoms with Gasteiger partial charge in [0.15, 0.2) is 5.76 Å². The van der Waals surface area contributed by atoms with E-state index in [1.54, 1.807) is 6.20 Å². The van der Waals surface area contributed by atoms with Crippen molar-refractivity contribution in [1.82, 2.24) is 5.16 Å². The lowest BCUT2D eigenvalue weighted by Gasteiger charge is -2.05. The maximum atomic E-state index is 6.10. The van der Waals surface area contributed by atoms with E-state index < -0.39 is 0 Å². The summed E-state index contributed by atoms with van der Waals surface area (Å²) in [5, 5.41) is 7.67. The molecule has 1 heterocycles. The zero-order valence-corrected chi connectivity index (χ0v) is 10.1. The van der Waals surface area contributed by atoms with Crippen molar-refractivity contribution < 1.29 is 4.52 Å². The highest BCUT2D eigenvalue weighted by Crippen LogP contribution is 2.23. The van der Waals surface area contributed by atoms with Gasteiger partial charge in [-0.2, -0.15) is 0 Å². The maximum Gasteiger partial charge on any atom is 0.164 e. The second-order valence-electron chi connectivity index (χ2n) is 3.65. The van der Waals surface area contributed by atoms with Gasteiger partial charge >= 0.3 is 0 Å². The van der Waals surface area contributed by atoms with Crippen molar-refractivity contribution in [3.8, 4) is 0 Å². The van der Waals surface area contributed by atoms with E-state index in [9.17, 15) is 0 Å². The van der Waals surface area contributed by atoms with Gasteiger partial charge in [-0.3, -0.25) is 0 Å². The summed E-state index contributed by atoms with van der Waals surface area (Å²) >= 11 is 6.10. The molecule has 2 aromatic rings. The van der Waals surface area contributed by atoms with Crippen LogP contribution in [0.15, 0.2) is 35.0 Å². The average Bonchev–Trinajstić information content (AvgIpc) is 2.77. The minimum absolute atomic E-state index is 0.566. The van der Waals surface area contributed by atoms with Gasteiger partial charge in [0.25, 0.3) is 0 Å². The molecule has 0 atom stereocenters. The highest BCUT2D eigenvalue weighted by atomic mass is 35.5. The molecule has 5 heteroatoms. The van der Waals surface area contributed by atoms with Crippen molar-refractivity contribution in [3.05, 3.63) is 46.8 Å². The molecule has 0 radical (unpaired) electrons. The van der Waals surface area contributed by atoms with E-state index in [1.807, 2.05) is 24.3 Å². The molecule has 1 aromatic carbocycles. The number of nitrogens with one attached hydrogen (secondary N) is 1. The molecular formula is C12H14ClN3O. The Labute approximate surface area is 105 Å². The monoisotopic (exact) mass is 251 g/mol. The number of hydrogen-bond donors (Lipinski definition) is 2. The number of anilines is 1. The first kappa shape index (κ1) is 12.0. The molecule has 0 aliphatic rings. The van der Waals surface area contributed by atoms with Gasteiger partial charge in [0, 0.05) is 24.5 Å². The zero-order valence-electron chi connectivity index (χ0n) is 9.32. The van der Waals surface area contributed by atoms with Crippen molar-refractivity contribution in [1.29, 1.82) is 0 Å². The summed E-state index contributed by atoms with van der Waals surface area (Å²) < 4.78 is 5.21. The first-order chi connectivity index (χ1) is 8.31. The summed E-state index contributed by atoms with van der Waals surface area (Å²) in [7, 11) is 0. The smallest absolute Gasteiger partial charge is 0.164 e. The van der Waals surface area contributed by atoms with E-state index in [0.717, 1.165) is 22.0 Å². The molecule has 0 bridgehead atoms. The first-order valence-corrected chi connectivity index (χ1v) is 5.80. The Bertz CT molecular complexity index is 484. The Morgan fingerprint density at radius 1 is 1.35 bits per heavy atom. The van der Waals surface area contributed by atoms with Crippen LogP contribution in [0.2, 0.25) is 5.02 Å². The second-order valence-corrected chi connectivity index (χ2v) is 4.05. The number of rotatable bonds is 5. The Kier molecular flexibility index (Phi) is 4.01. The lowest BCUT2D eigenvalue weighted by atomic mass is 10.1. The van der Waals surface area contributed by atoms with Crippen LogP contribution in [0.5, 0.6) is 0 Å². The molecule has 3 N–H and O–H groups in total. The van der Waals surface area contributed by atoms with Crippen LogP contribution in [0.25, 0.3) is 0 Å². The van der Waals surface area contributed by atoms with Crippen molar-refractivity contribution in [2.24, 2.45) is 5.73 Å². The highest BCUT2D eigenvalue weighted by molar-refractivity contribution is 6.31. The molecule has 0 aliphatic heterocycles. The molecular weight excluding hydrogens is 238 g/mol. The van der Waals surface area contributed by atoms with E-state index in [1.165, 1.54) is 0 Å². The van der Waals surface area contributed by atoms with Crippen LogP contribution in [0.4, 0.5) is 5.69 Å². The summed E-state index contributed by atoms with van der Waals surface area (Å²) in [5.41, 5.74) is 7.32. The van der Waals surface area contributed by atoms with Crippen molar-refractivity contribution in [3.63, 3.8) is 0 Å². The number of aromatic nitrogens is 1. The normalized spacial score (nSPS) is 10.5. The third-order valence-electron chi connectivity index (χ3n) is 2.41. The molecule has 2 rings (SSSR count). The predicted octanol–water partition coefficient (Wildman–Crippen LogP) is 2.29. The van der Waals surface area contributed by atoms with Crippen LogP contribution in [-0.2, 0) is 6.42 Å². The molecule has 0 unspecified atom stereocenters. The van der Waals surface area contributed by atoms with Gasteiger partial charge in [-0.1, -0.05) is 35.0 Å². The zero-order chi connectivity index (χ0) is 12.1. The molecule has 4 nitrogen and oxygen atoms in total. The molecule has 0 fully saturated rings. The number of halogens is 1. The average molecular weight is 252 g/mol. The summed E-state index contributed by atoms with van der Waals surface area (Å²) in [6.45, 7) is 1.26. The molecule has 0 aliphatic carbocycles. The third-order valence-corrected chi connectivity index (χ3v) is 2.78. The molecule has 0 spiro atoms. The SMILES string of the molecule is NCCNc1cnoc1Cc1ccccc1Cl. The fourth-order valence-electron chi connectivity index (χ4n) is 1.56. The fourth-order valence-corrected chi connectivity index (χ4v) is 1.76. The molecule has 0 saturated heterocycles. The highest BCUT2D eigenvalue weighted by Gasteiger charge is 2.10. The van der Waals surface area contributed by atoms with E-state index >= 15 is 0 Å². The maximum absolute atomic E-state index is 6.10. The largest absolute Gasteiger partial charge is 0.380 e. The molecule has 90 valence electrons. The van der Waals surface area contributed by atoms with E-state index in [0.29, 0.717) is 19.5 Å². The van der Waals surface area contributed by atoms with Crippen LogP contribution < -0.4 is 11.1 Å². The lowest BCUT2D eigenvalue weighted by molar-refractivity contribution is 0.390. The van der Waals surface area contributed by atoms with Gasteiger partial charge < -0.3 is 15.6 Å². The van der Waals surface area contributed by atoms with Crippen molar-refractivity contribution in [2.45, 2.75) is 6.42 Å². The third kappa shape index (κ3) is 2.99. The second kappa shape index (κ2) is 5.70. The van der Waals surface area contributed by atoms with Crippen LogP contribution >= 0.6 is 11.6 Å². The van der Waals surface area contributed by atoms with Crippen LogP contribution in [0, 0.1) is 0 Å². The molecule has 1 aromatic heterocycles. The number of benzene rings is 1. The van der Waals surface area contributed by atoms with Crippen LogP contribution in [0.3, 0.4) is 0 Å². The fraction of sp³-hybridized carbons (Fsp3) is 0.250. The summed E-state index contributed by atoms with van der Waals surface area (Å²) in [6, 6.07) is 7.68. The van der Waals surface area contributed by atoms with Crippen LogP contribution in [0.1, 0.15) is 11.3 Å². The van der Waals surface area contributed by atoms with E-state index in [-0.39, 0.29) is 0 Å². The summed E-state index contributed by atoms with van der Waals surface area (Å²) in [5.74, 6) is 0.770. The first-order valence-electron chi connectivity index (χ1n) is 5.42. The Morgan fingerprint density at radius 3 is 2.94 bits per heavy atom. The number of hydrogen-bond acceptors (Lipinski definition) is 4. The van der Waals surface area contributed by atoms with Crippen molar-refractivity contribution in [2.75, 3.05) is 18.4 Å². The minimum atomic E-state index is 0.566. The van der Waals surface area contributed by atoms with E-state index in [2.05, 4.69) is 10.5 Å². The Balaban J connectivity index is 2.13. The summed E-state index contributed by atoms with van der Waals surface area (Å²) in [6.07, 6.45) is 2.27. The molecule has 0 amide bonds. The van der Waals surface area contributed by atoms with Gasteiger partial charge in [0.1, 0.15) is 0 Å².